The molecule has 0 amide bonds. The Kier molecular flexibility index (Phi) is 12.5. The highest BCUT2D eigenvalue weighted by atomic mass is 16.5. The third-order valence-corrected chi connectivity index (χ3v) is 3.93. The summed E-state index contributed by atoms with van der Waals surface area (Å²) in [4.78, 5) is 0. The number of unbranched alkanes of at least 4 members (excludes halogenated alkanes) is 4. The molecular weight excluding hydrogens is 250 g/mol. The van der Waals surface area contributed by atoms with E-state index < -0.39 is 5.60 Å². The zero-order chi connectivity index (χ0) is 15.3. The summed E-state index contributed by atoms with van der Waals surface area (Å²) in [5.74, 6) is 0. The summed E-state index contributed by atoms with van der Waals surface area (Å²) in [7, 11) is 1.68. The molecule has 1 atom stereocenters. The highest BCUT2D eigenvalue weighted by Gasteiger charge is 2.21. The molecule has 0 aliphatic rings. The van der Waals surface area contributed by atoms with Gasteiger partial charge in [-0.1, -0.05) is 52.4 Å². The van der Waals surface area contributed by atoms with Crippen LogP contribution in [0.2, 0.25) is 0 Å². The van der Waals surface area contributed by atoms with E-state index >= 15 is 0 Å². The Labute approximate surface area is 126 Å². The number of hydrogen-bond donors (Lipinski definition) is 2. The minimum absolute atomic E-state index is 0.558. The molecule has 0 spiro atoms. The molecule has 0 saturated carbocycles. The summed E-state index contributed by atoms with van der Waals surface area (Å²) >= 11 is 0. The molecule has 3 nitrogen and oxygen atoms in total. The number of methoxy groups -OCH3 is 1. The average Bonchev–Trinajstić information content (AvgIpc) is 2.42. The molecule has 0 radical (unpaired) electrons. The van der Waals surface area contributed by atoms with E-state index in [9.17, 15) is 5.11 Å². The van der Waals surface area contributed by atoms with E-state index in [0.717, 1.165) is 0 Å². The van der Waals surface area contributed by atoms with Gasteiger partial charge >= 0.3 is 0 Å². The Morgan fingerprint density at radius 2 is 1.60 bits per heavy atom. The molecule has 0 bridgehead atoms. The minimum Gasteiger partial charge on any atom is -0.389 e. The monoisotopic (exact) mass is 287 g/mol. The molecule has 122 valence electrons. The standard InChI is InChI=1S/C17H37NO2/c1-5-7-9-11-16(12-10-8-6-2)18-15-17(3,19)13-14-20-4/h16,18-19H,5-15H2,1-4H3. The van der Waals surface area contributed by atoms with E-state index in [1.54, 1.807) is 7.11 Å². The summed E-state index contributed by atoms with van der Waals surface area (Å²) in [5.41, 5.74) is -0.663. The first-order valence-corrected chi connectivity index (χ1v) is 8.50. The maximum Gasteiger partial charge on any atom is 0.0765 e. The molecule has 0 rings (SSSR count). The van der Waals surface area contributed by atoms with Gasteiger partial charge in [-0.3, -0.25) is 0 Å². The van der Waals surface area contributed by atoms with Crippen molar-refractivity contribution < 1.29 is 9.84 Å². The van der Waals surface area contributed by atoms with Crippen LogP contribution in [0.25, 0.3) is 0 Å². The van der Waals surface area contributed by atoms with E-state index in [1.165, 1.54) is 51.4 Å². The highest BCUT2D eigenvalue weighted by molar-refractivity contribution is 4.78. The van der Waals surface area contributed by atoms with Crippen LogP contribution in [0, 0.1) is 0 Å². The zero-order valence-electron chi connectivity index (χ0n) is 14.2. The predicted octanol–water partition coefficient (Wildman–Crippen LogP) is 3.89. The SMILES string of the molecule is CCCCCC(CCCCC)NCC(C)(O)CCOC. The van der Waals surface area contributed by atoms with Crippen LogP contribution < -0.4 is 5.32 Å². The van der Waals surface area contributed by atoms with Gasteiger partial charge < -0.3 is 15.2 Å². The summed E-state index contributed by atoms with van der Waals surface area (Å²) < 4.78 is 5.06. The van der Waals surface area contributed by atoms with Crippen LogP contribution in [-0.2, 0) is 4.74 Å². The van der Waals surface area contributed by atoms with Crippen molar-refractivity contribution in [2.75, 3.05) is 20.3 Å². The Hall–Kier alpha value is -0.120. The summed E-state index contributed by atoms with van der Waals surface area (Å²) in [5, 5.41) is 13.9. The normalized spacial score (nSPS) is 14.7. The third kappa shape index (κ3) is 11.7. The van der Waals surface area contributed by atoms with Crippen LogP contribution in [-0.4, -0.2) is 37.0 Å². The molecule has 2 N–H and O–H groups in total. The van der Waals surface area contributed by atoms with Gasteiger partial charge in [-0.15, -0.1) is 0 Å². The van der Waals surface area contributed by atoms with Gasteiger partial charge in [-0.25, -0.2) is 0 Å². The van der Waals surface area contributed by atoms with Gasteiger partial charge in [0.1, 0.15) is 0 Å². The van der Waals surface area contributed by atoms with Gasteiger partial charge in [0, 0.05) is 32.7 Å². The van der Waals surface area contributed by atoms with Crippen molar-refractivity contribution in [2.24, 2.45) is 0 Å². The van der Waals surface area contributed by atoms with Gasteiger partial charge in [0.2, 0.25) is 0 Å². The molecule has 0 aromatic carbocycles. The maximum atomic E-state index is 10.3. The van der Waals surface area contributed by atoms with Crippen molar-refractivity contribution in [3.05, 3.63) is 0 Å². The van der Waals surface area contributed by atoms with Crippen LogP contribution in [0.4, 0.5) is 0 Å². The Bertz CT molecular complexity index is 197. The molecule has 0 fully saturated rings. The topological polar surface area (TPSA) is 41.5 Å². The fourth-order valence-electron chi connectivity index (χ4n) is 2.40. The van der Waals surface area contributed by atoms with Crippen molar-refractivity contribution in [1.82, 2.24) is 5.32 Å². The molecule has 1 unspecified atom stereocenters. The van der Waals surface area contributed by atoms with Gasteiger partial charge in [0.25, 0.3) is 0 Å². The number of rotatable bonds is 14. The predicted molar refractivity (Wildman–Crippen MR) is 87.2 cm³/mol. The number of ether oxygens (including phenoxy) is 1. The average molecular weight is 287 g/mol. The summed E-state index contributed by atoms with van der Waals surface area (Å²) in [6.45, 7) is 7.67. The number of aliphatic hydroxyl groups is 1. The lowest BCUT2D eigenvalue weighted by Gasteiger charge is -2.27. The van der Waals surface area contributed by atoms with Crippen molar-refractivity contribution in [1.29, 1.82) is 0 Å². The first-order chi connectivity index (χ1) is 9.55. The lowest BCUT2D eigenvalue weighted by atomic mass is 9.99. The molecule has 0 saturated heterocycles. The fraction of sp³-hybridized carbons (Fsp3) is 1.00. The molecule has 0 aromatic rings. The van der Waals surface area contributed by atoms with Crippen molar-refractivity contribution in [2.45, 2.75) is 90.2 Å². The Morgan fingerprint density at radius 1 is 1.05 bits per heavy atom. The molecule has 0 heterocycles. The van der Waals surface area contributed by atoms with Gasteiger partial charge in [0.05, 0.1) is 5.60 Å². The van der Waals surface area contributed by atoms with Crippen molar-refractivity contribution in [3.8, 4) is 0 Å². The Balaban J connectivity index is 4.04. The van der Waals surface area contributed by atoms with Crippen LogP contribution in [0.3, 0.4) is 0 Å². The van der Waals surface area contributed by atoms with Crippen LogP contribution in [0.5, 0.6) is 0 Å². The first-order valence-electron chi connectivity index (χ1n) is 8.50. The highest BCUT2D eigenvalue weighted by Crippen LogP contribution is 2.13. The summed E-state index contributed by atoms with van der Waals surface area (Å²) in [6, 6.07) is 0.558. The number of nitrogens with one attached hydrogen (secondary N) is 1. The largest absolute Gasteiger partial charge is 0.389 e. The first kappa shape index (κ1) is 19.9. The zero-order valence-corrected chi connectivity index (χ0v) is 14.2. The van der Waals surface area contributed by atoms with Gasteiger partial charge in [-0.05, 0) is 19.8 Å². The van der Waals surface area contributed by atoms with Crippen molar-refractivity contribution >= 4 is 0 Å². The molecular formula is C17H37NO2. The smallest absolute Gasteiger partial charge is 0.0765 e. The van der Waals surface area contributed by atoms with E-state index in [0.29, 0.717) is 25.6 Å². The molecule has 0 aliphatic heterocycles. The van der Waals surface area contributed by atoms with E-state index in [4.69, 9.17) is 4.74 Å². The van der Waals surface area contributed by atoms with E-state index in [-0.39, 0.29) is 0 Å². The second-order valence-corrected chi connectivity index (χ2v) is 6.31. The van der Waals surface area contributed by atoms with Crippen LogP contribution >= 0.6 is 0 Å². The quantitative estimate of drug-likeness (QED) is 0.476. The van der Waals surface area contributed by atoms with Crippen LogP contribution in [0.15, 0.2) is 0 Å². The second kappa shape index (κ2) is 12.6. The molecule has 0 aliphatic carbocycles. The summed E-state index contributed by atoms with van der Waals surface area (Å²) in [6.07, 6.45) is 10.9. The molecule has 3 heteroatoms. The maximum absolute atomic E-state index is 10.3. The fourth-order valence-corrected chi connectivity index (χ4v) is 2.40. The van der Waals surface area contributed by atoms with Crippen molar-refractivity contribution in [3.63, 3.8) is 0 Å². The lowest BCUT2D eigenvalue weighted by Crippen LogP contribution is -2.43. The van der Waals surface area contributed by atoms with Gasteiger partial charge in [-0.2, -0.15) is 0 Å². The molecule has 0 aromatic heterocycles. The lowest BCUT2D eigenvalue weighted by molar-refractivity contribution is 0.0222. The van der Waals surface area contributed by atoms with Gasteiger partial charge in [0.15, 0.2) is 0 Å². The third-order valence-electron chi connectivity index (χ3n) is 3.93. The van der Waals surface area contributed by atoms with Crippen LogP contribution in [0.1, 0.15) is 78.6 Å². The molecule has 20 heavy (non-hydrogen) atoms. The minimum atomic E-state index is -0.663. The number of hydrogen-bond acceptors (Lipinski definition) is 3. The Morgan fingerprint density at radius 3 is 2.05 bits per heavy atom. The second-order valence-electron chi connectivity index (χ2n) is 6.31. The van der Waals surface area contributed by atoms with E-state index in [1.807, 2.05) is 6.92 Å². The van der Waals surface area contributed by atoms with E-state index in [2.05, 4.69) is 19.2 Å².